The molecule has 0 atom stereocenters. The summed E-state index contributed by atoms with van der Waals surface area (Å²) in [7, 11) is 0. The molecule has 0 saturated heterocycles. The molecule has 0 unspecified atom stereocenters. The summed E-state index contributed by atoms with van der Waals surface area (Å²) in [5.41, 5.74) is -0.00679. The lowest BCUT2D eigenvalue weighted by Gasteiger charge is -2.08. The third kappa shape index (κ3) is 2.51. The van der Waals surface area contributed by atoms with E-state index >= 15 is 0 Å². The van der Waals surface area contributed by atoms with E-state index in [4.69, 9.17) is 0 Å². The lowest BCUT2D eigenvalue weighted by Crippen LogP contribution is -2.16. The highest BCUT2D eigenvalue weighted by atomic mass is 16.6. The summed E-state index contributed by atoms with van der Waals surface area (Å²) in [5, 5.41) is 20.5. The summed E-state index contributed by atoms with van der Waals surface area (Å²) in [5.74, 6) is -0.434. The zero-order valence-corrected chi connectivity index (χ0v) is 11.0. The molecule has 0 saturated carbocycles. The molecular formula is C13H13N3O4. The van der Waals surface area contributed by atoms with Crippen molar-refractivity contribution in [3.8, 4) is 17.3 Å². The van der Waals surface area contributed by atoms with Gasteiger partial charge in [-0.05, 0) is 5.92 Å². The Balaban J connectivity index is 2.57. The van der Waals surface area contributed by atoms with Crippen LogP contribution in [0.1, 0.15) is 25.3 Å². The minimum absolute atomic E-state index is 0.0978. The summed E-state index contributed by atoms with van der Waals surface area (Å²) in [6, 6.07) is 5.68. The predicted molar refractivity (Wildman–Crippen MR) is 72.7 cm³/mol. The van der Waals surface area contributed by atoms with Gasteiger partial charge in [0, 0.05) is 17.7 Å². The van der Waals surface area contributed by atoms with Gasteiger partial charge in [0.05, 0.1) is 10.5 Å². The smallest absolute Gasteiger partial charge is 0.270 e. The van der Waals surface area contributed by atoms with Crippen LogP contribution in [-0.2, 0) is 0 Å². The standard InChI is InChI=1S/C13H13N3O4/c1-7(2)10-12(17)14-11(15-13(10)18)8-4-3-5-9(6-8)16(19)20/h3-7H,1-2H3,(H2,14,15,17,18). The molecule has 20 heavy (non-hydrogen) atoms. The maximum atomic E-state index is 11.9. The molecule has 0 fully saturated rings. The normalized spacial score (nSPS) is 10.8. The first-order chi connectivity index (χ1) is 9.40. The highest BCUT2D eigenvalue weighted by Gasteiger charge is 2.16. The average molecular weight is 275 g/mol. The fourth-order valence-corrected chi connectivity index (χ4v) is 1.89. The molecule has 1 aromatic carbocycles. The molecule has 1 heterocycles. The number of hydrogen-bond acceptors (Lipinski definition) is 5. The number of benzene rings is 1. The number of nitrogens with zero attached hydrogens (tertiary/aromatic N) is 2. The molecule has 1 aromatic heterocycles. The molecule has 0 aliphatic heterocycles. The minimum Gasteiger partial charge on any atom is -0.493 e. The first-order valence-corrected chi connectivity index (χ1v) is 5.98. The predicted octanol–water partition coefficient (Wildman–Crippen LogP) is 2.17. The van der Waals surface area contributed by atoms with Crippen LogP contribution in [-0.4, -0.2) is 20.0 Å². The Morgan fingerprint density at radius 3 is 2.65 bits per heavy atom. The van der Waals surface area contributed by atoms with Gasteiger partial charge in [0.1, 0.15) is 5.82 Å². The van der Waals surface area contributed by atoms with Crippen LogP contribution in [0.5, 0.6) is 5.88 Å². The van der Waals surface area contributed by atoms with Gasteiger partial charge in [-0.25, -0.2) is 0 Å². The summed E-state index contributed by atoms with van der Waals surface area (Å²) < 4.78 is 0. The number of aromatic hydroxyl groups is 1. The first kappa shape index (κ1) is 13.7. The Labute approximate surface area is 114 Å². The van der Waals surface area contributed by atoms with Gasteiger partial charge in [0.25, 0.3) is 11.2 Å². The lowest BCUT2D eigenvalue weighted by molar-refractivity contribution is -0.384. The van der Waals surface area contributed by atoms with Crippen LogP contribution in [0, 0.1) is 10.1 Å². The van der Waals surface area contributed by atoms with E-state index in [1.807, 2.05) is 0 Å². The molecule has 0 spiro atoms. The van der Waals surface area contributed by atoms with E-state index < -0.39 is 10.5 Å². The topological polar surface area (TPSA) is 109 Å². The summed E-state index contributed by atoms with van der Waals surface area (Å²) >= 11 is 0. The SMILES string of the molecule is CC(C)c1c(O)nc(-c2cccc([N+](=O)[O-])c2)[nH]c1=O. The first-order valence-electron chi connectivity index (χ1n) is 5.98. The monoisotopic (exact) mass is 275 g/mol. The van der Waals surface area contributed by atoms with Crippen molar-refractivity contribution in [3.63, 3.8) is 0 Å². The fraction of sp³-hybridized carbons (Fsp3) is 0.231. The maximum absolute atomic E-state index is 11.9. The van der Waals surface area contributed by atoms with Crippen molar-refractivity contribution < 1.29 is 10.0 Å². The van der Waals surface area contributed by atoms with Crippen molar-refractivity contribution in [2.24, 2.45) is 0 Å². The van der Waals surface area contributed by atoms with Gasteiger partial charge in [-0.15, -0.1) is 0 Å². The molecule has 2 rings (SSSR count). The number of aromatic amines is 1. The zero-order valence-electron chi connectivity index (χ0n) is 11.0. The molecule has 7 heteroatoms. The quantitative estimate of drug-likeness (QED) is 0.659. The van der Waals surface area contributed by atoms with Gasteiger partial charge in [-0.3, -0.25) is 14.9 Å². The second-order valence-electron chi connectivity index (χ2n) is 4.61. The molecule has 104 valence electrons. The second-order valence-corrected chi connectivity index (χ2v) is 4.61. The van der Waals surface area contributed by atoms with Crippen LogP contribution in [0.2, 0.25) is 0 Å². The average Bonchev–Trinajstić information content (AvgIpc) is 2.37. The van der Waals surface area contributed by atoms with Crippen LogP contribution in [0.4, 0.5) is 5.69 Å². The van der Waals surface area contributed by atoms with Gasteiger partial charge < -0.3 is 10.1 Å². The van der Waals surface area contributed by atoms with Crippen LogP contribution >= 0.6 is 0 Å². The molecule has 0 bridgehead atoms. The molecule has 0 aliphatic carbocycles. The highest BCUT2D eigenvalue weighted by Crippen LogP contribution is 2.24. The maximum Gasteiger partial charge on any atom is 0.270 e. The Hall–Kier alpha value is -2.70. The molecule has 2 aromatic rings. The van der Waals surface area contributed by atoms with Crippen molar-refractivity contribution in [1.29, 1.82) is 0 Å². The van der Waals surface area contributed by atoms with Gasteiger partial charge in [0.2, 0.25) is 5.88 Å². The molecular weight excluding hydrogens is 262 g/mol. The summed E-state index contributed by atoms with van der Waals surface area (Å²) in [6.07, 6.45) is 0. The highest BCUT2D eigenvalue weighted by molar-refractivity contribution is 5.59. The Kier molecular flexibility index (Phi) is 3.51. The second kappa shape index (κ2) is 5.12. The van der Waals surface area contributed by atoms with Crippen molar-refractivity contribution >= 4 is 5.69 Å². The van der Waals surface area contributed by atoms with Crippen molar-refractivity contribution in [2.45, 2.75) is 19.8 Å². The van der Waals surface area contributed by atoms with E-state index in [1.54, 1.807) is 19.9 Å². The van der Waals surface area contributed by atoms with Crippen molar-refractivity contribution in [2.75, 3.05) is 0 Å². The minimum atomic E-state index is -0.538. The number of non-ortho nitro benzene ring substituents is 1. The lowest BCUT2D eigenvalue weighted by atomic mass is 10.1. The number of nitro groups is 1. The number of H-pyrrole nitrogens is 1. The number of nitro benzene ring substituents is 1. The van der Waals surface area contributed by atoms with Crippen LogP contribution in [0.25, 0.3) is 11.4 Å². The van der Waals surface area contributed by atoms with Gasteiger partial charge >= 0.3 is 0 Å². The third-order valence-corrected chi connectivity index (χ3v) is 2.84. The van der Waals surface area contributed by atoms with Gasteiger partial charge in [-0.1, -0.05) is 26.0 Å². The summed E-state index contributed by atoms with van der Waals surface area (Å²) in [6.45, 7) is 3.53. The van der Waals surface area contributed by atoms with E-state index in [9.17, 15) is 20.0 Å². The molecule has 0 aliphatic rings. The van der Waals surface area contributed by atoms with E-state index in [1.165, 1.54) is 18.2 Å². The van der Waals surface area contributed by atoms with Crippen LogP contribution < -0.4 is 5.56 Å². The Bertz CT molecular complexity index is 722. The number of rotatable bonds is 3. The van der Waals surface area contributed by atoms with Crippen molar-refractivity contribution in [1.82, 2.24) is 9.97 Å². The van der Waals surface area contributed by atoms with Crippen LogP contribution in [0.3, 0.4) is 0 Å². The van der Waals surface area contributed by atoms with Crippen LogP contribution in [0.15, 0.2) is 29.1 Å². The zero-order chi connectivity index (χ0) is 14.9. The van der Waals surface area contributed by atoms with Crippen molar-refractivity contribution in [3.05, 3.63) is 50.3 Å². The summed E-state index contributed by atoms with van der Waals surface area (Å²) in [4.78, 5) is 28.5. The molecule has 2 N–H and O–H groups in total. The molecule has 0 radical (unpaired) electrons. The van der Waals surface area contributed by atoms with E-state index in [2.05, 4.69) is 9.97 Å². The molecule has 7 nitrogen and oxygen atoms in total. The Morgan fingerprint density at radius 2 is 2.10 bits per heavy atom. The van der Waals surface area contributed by atoms with Gasteiger partial charge in [0.15, 0.2) is 0 Å². The number of nitrogens with one attached hydrogen (secondary N) is 1. The largest absolute Gasteiger partial charge is 0.493 e. The Morgan fingerprint density at radius 1 is 1.40 bits per heavy atom. The number of hydrogen-bond donors (Lipinski definition) is 2. The van der Waals surface area contributed by atoms with Gasteiger partial charge in [-0.2, -0.15) is 4.98 Å². The molecule has 0 amide bonds. The third-order valence-electron chi connectivity index (χ3n) is 2.84. The van der Waals surface area contributed by atoms with E-state index in [0.29, 0.717) is 5.56 Å². The fourth-order valence-electron chi connectivity index (χ4n) is 1.89. The van der Waals surface area contributed by atoms with E-state index in [-0.39, 0.29) is 28.9 Å². The van der Waals surface area contributed by atoms with E-state index in [0.717, 1.165) is 0 Å². The number of aromatic nitrogens is 2.